The van der Waals surface area contributed by atoms with Crippen molar-refractivity contribution in [3.8, 4) is 6.07 Å². The smallest absolute Gasteiger partial charge is 0.123 e. The molecule has 19 heavy (non-hydrogen) atoms. The van der Waals surface area contributed by atoms with Gasteiger partial charge < -0.3 is 10.4 Å². The maximum Gasteiger partial charge on any atom is 0.123 e. The van der Waals surface area contributed by atoms with Crippen LogP contribution in [-0.4, -0.2) is 18.3 Å². The van der Waals surface area contributed by atoms with E-state index in [1.165, 1.54) is 18.2 Å². The van der Waals surface area contributed by atoms with Crippen LogP contribution in [0.2, 0.25) is 0 Å². The Morgan fingerprint density at radius 3 is 2.58 bits per heavy atom. The summed E-state index contributed by atoms with van der Waals surface area (Å²) >= 11 is 0. The molecule has 2 N–H and O–H groups in total. The van der Waals surface area contributed by atoms with Gasteiger partial charge in [-0.15, -0.1) is 0 Å². The van der Waals surface area contributed by atoms with Gasteiger partial charge >= 0.3 is 0 Å². The molecule has 0 aromatic heterocycles. The van der Waals surface area contributed by atoms with Crippen LogP contribution in [0.3, 0.4) is 0 Å². The molecule has 0 aliphatic heterocycles. The lowest BCUT2D eigenvalue weighted by atomic mass is 9.83. The normalized spacial score (nSPS) is 11.3. The Morgan fingerprint density at radius 1 is 1.37 bits per heavy atom. The highest BCUT2D eigenvalue weighted by Crippen LogP contribution is 2.24. The van der Waals surface area contributed by atoms with Crippen molar-refractivity contribution < 1.29 is 9.50 Å². The van der Waals surface area contributed by atoms with Crippen molar-refractivity contribution in [3.63, 3.8) is 0 Å². The summed E-state index contributed by atoms with van der Waals surface area (Å²) in [4.78, 5) is 0. The average Bonchev–Trinajstić information content (AvgIpc) is 2.44. The molecule has 4 heteroatoms. The molecule has 104 valence electrons. The van der Waals surface area contributed by atoms with E-state index >= 15 is 0 Å². The summed E-state index contributed by atoms with van der Waals surface area (Å²) in [5.74, 6) is -0.338. The highest BCUT2D eigenvalue weighted by atomic mass is 19.1. The molecule has 3 nitrogen and oxygen atoms in total. The molecule has 0 amide bonds. The first-order chi connectivity index (χ1) is 9.10. The second kappa shape index (κ2) is 7.22. The average molecular weight is 264 g/mol. The lowest BCUT2D eigenvalue weighted by molar-refractivity contribution is 0.113. The number of aliphatic hydroxyl groups excluding tert-OH is 1. The zero-order valence-corrected chi connectivity index (χ0v) is 11.5. The number of nitriles is 1. The Kier molecular flexibility index (Phi) is 5.94. The van der Waals surface area contributed by atoms with E-state index in [2.05, 4.69) is 11.4 Å². The van der Waals surface area contributed by atoms with Gasteiger partial charge in [0.1, 0.15) is 5.82 Å². The van der Waals surface area contributed by atoms with E-state index in [0.717, 1.165) is 12.8 Å². The summed E-state index contributed by atoms with van der Waals surface area (Å²) in [5, 5.41) is 21.7. The molecule has 0 aliphatic rings. The minimum atomic E-state index is -0.338. The van der Waals surface area contributed by atoms with E-state index in [9.17, 15) is 9.50 Å². The van der Waals surface area contributed by atoms with Crippen LogP contribution >= 0.6 is 0 Å². The topological polar surface area (TPSA) is 56.0 Å². The molecule has 1 aromatic carbocycles. The van der Waals surface area contributed by atoms with Gasteiger partial charge in [-0.1, -0.05) is 13.8 Å². The molecule has 0 radical (unpaired) electrons. The summed E-state index contributed by atoms with van der Waals surface area (Å²) < 4.78 is 13.2. The summed E-state index contributed by atoms with van der Waals surface area (Å²) in [6.07, 6.45) is 1.75. The predicted molar refractivity (Wildman–Crippen MR) is 72.9 cm³/mol. The van der Waals surface area contributed by atoms with Crippen LogP contribution in [0.15, 0.2) is 18.2 Å². The predicted octanol–water partition coefficient (Wildman–Crippen LogP) is 2.59. The zero-order chi connectivity index (χ0) is 14.3. The molecule has 0 saturated heterocycles. The van der Waals surface area contributed by atoms with Crippen molar-refractivity contribution in [2.24, 2.45) is 5.41 Å². The number of benzene rings is 1. The molecule has 0 unspecified atom stereocenters. The molecule has 1 aromatic rings. The highest BCUT2D eigenvalue weighted by Gasteiger charge is 2.24. The van der Waals surface area contributed by atoms with Crippen molar-refractivity contribution in [1.82, 2.24) is 5.32 Å². The Labute approximate surface area is 114 Å². The molecule has 0 spiro atoms. The number of nitrogens with one attached hydrogen (secondary N) is 1. The second-order valence-corrected chi connectivity index (χ2v) is 4.88. The summed E-state index contributed by atoms with van der Waals surface area (Å²) in [5.41, 5.74) is 0.998. The molecular weight excluding hydrogens is 243 g/mol. The zero-order valence-electron chi connectivity index (χ0n) is 11.5. The van der Waals surface area contributed by atoms with Crippen molar-refractivity contribution in [2.75, 3.05) is 13.2 Å². The van der Waals surface area contributed by atoms with E-state index < -0.39 is 0 Å². The molecule has 0 saturated carbocycles. The first-order valence-corrected chi connectivity index (χ1v) is 6.61. The number of rotatable bonds is 7. The van der Waals surface area contributed by atoms with Crippen molar-refractivity contribution >= 4 is 0 Å². The van der Waals surface area contributed by atoms with Gasteiger partial charge in [0.2, 0.25) is 0 Å². The van der Waals surface area contributed by atoms with E-state index in [-0.39, 0.29) is 17.8 Å². The third-order valence-electron chi connectivity index (χ3n) is 3.84. The molecule has 0 aliphatic carbocycles. The molecular formula is C15H21FN2O. The van der Waals surface area contributed by atoms with Gasteiger partial charge in [0.15, 0.2) is 0 Å². The fraction of sp³-hybridized carbons (Fsp3) is 0.533. The van der Waals surface area contributed by atoms with Crippen molar-refractivity contribution in [1.29, 1.82) is 5.26 Å². The number of aliphatic hydroxyl groups is 1. The summed E-state index contributed by atoms with van der Waals surface area (Å²) in [7, 11) is 0. The molecule has 0 heterocycles. The third kappa shape index (κ3) is 4.02. The van der Waals surface area contributed by atoms with Gasteiger partial charge in [0.05, 0.1) is 11.6 Å². The minimum Gasteiger partial charge on any atom is -0.396 e. The quantitative estimate of drug-likeness (QED) is 0.796. The fourth-order valence-electron chi connectivity index (χ4n) is 2.06. The van der Waals surface area contributed by atoms with E-state index in [0.29, 0.717) is 24.2 Å². The SMILES string of the molecule is CCC(CC)(CO)CNCc1cc(F)ccc1C#N. The van der Waals surface area contributed by atoms with Crippen LogP contribution < -0.4 is 5.32 Å². The van der Waals surface area contributed by atoms with Gasteiger partial charge in [0, 0.05) is 25.1 Å². The number of nitrogens with zero attached hydrogens (tertiary/aromatic N) is 1. The number of halogens is 1. The third-order valence-corrected chi connectivity index (χ3v) is 3.84. The number of hydrogen-bond donors (Lipinski definition) is 2. The Morgan fingerprint density at radius 2 is 2.05 bits per heavy atom. The maximum atomic E-state index is 13.2. The van der Waals surface area contributed by atoms with Gasteiger partial charge in [-0.25, -0.2) is 4.39 Å². The van der Waals surface area contributed by atoms with Gasteiger partial charge in [0.25, 0.3) is 0 Å². The molecule has 0 bridgehead atoms. The Bertz CT molecular complexity index is 442. The lowest BCUT2D eigenvalue weighted by Crippen LogP contribution is -2.36. The Hall–Kier alpha value is -1.44. The van der Waals surface area contributed by atoms with Crippen LogP contribution in [-0.2, 0) is 6.54 Å². The maximum absolute atomic E-state index is 13.2. The standard InChI is InChI=1S/C15H21FN2O/c1-3-15(4-2,11-19)10-18-9-13-7-14(16)6-5-12(13)8-17/h5-7,18-19H,3-4,9-11H2,1-2H3. The van der Waals surface area contributed by atoms with E-state index in [1.54, 1.807) is 0 Å². The fourth-order valence-corrected chi connectivity index (χ4v) is 2.06. The van der Waals surface area contributed by atoms with Crippen LogP contribution in [0.4, 0.5) is 4.39 Å². The molecule has 0 fully saturated rings. The van der Waals surface area contributed by atoms with Crippen LogP contribution in [0.5, 0.6) is 0 Å². The minimum absolute atomic E-state index is 0.126. The monoisotopic (exact) mass is 264 g/mol. The summed E-state index contributed by atoms with van der Waals surface area (Å²) in [6.45, 7) is 5.30. The van der Waals surface area contributed by atoms with Crippen molar-refractivity contribution in [2.45, 2.75) is 33.2 Å². The van der Waals surface area contributed by atoms with E-state index in [4.69, 9.17) is 5.26 Å². The van der Waals surface area contributed by atoms with Crippen LogP contribution in [0.25, 0.3) is 0 Å². The van der Waals surface area contributed by atoms with Crippen molar-refractivity contribution in [3.05, 3.63) is 35.1 Å². The van der Waals surface area contributed by atoms with Crippen LogP contribution in [0, 0.1) is 22.6 Å². The summed E-state index contributed by atoms with van der Waals surface area (Å²) in [6, 6.07) is 6.22. The molecule has 0 atom stereocenters. The largest absolute Gasteiger partial charge is 0.396 e. The second-order valence-electron chi connectivity index (χ2n) is 4.88. The number of hydrogen-bond acceptors (Lipinski definition) is 3. The van der Waals surface area contributed by atoms with Gasteiger partial charge in [-0.3, -0.25) is 0 Å². The van der Waals surface area contributed by atoms with E-state index in [1.807, 2.05) is 13.8 Å². The highest BCUT2D eigenvalue weighted by molar-refractivity contribution is 5.37. The lowest BCUT2D eigenvalue weighted by Gasteiger charge is -2.29. The first kappa shape index (κ1) is 15.6. The first-order valence-electron chi connectivity index (χ1n) is 6.61. The van der Waals surface area contributed by atoms with Gasteiger partial charge in [-0.05, 0) is 36.6 Å². The van der Waals surface area contributed by atoms with Crippen LogP contribution in [0.1, 0.15) is 37.8 Å². The Balaban J connectivity index is 2.67. The van der Waals surface area contributed by atoms with Gasteiger partial charge in [-0.2, -0.15) is 5.26 Å². The molecule has 1 rings (SSSR count).